The molecule has 1 aromatic carbocycles. The van der Waals surface area contributed by atoms with Gasteiger partial charge in [-0.05, 0) is 50.8 Å². The van der Waals surface area contributed by atoms with Crippen LogP contribution in [0.1, 0.15) is 54.7 Å². The molecule has 4 rings (SSSR count). The number of ether oxygens (including phenoxy) is 1. The number of rotatable bonds is 5. The Labute approximate surface area is 148 Å². The van der Waals surface area contributed by atoms with E-state index in [0.717, 1.165) is 30.8 Å². The number of hydrogen-bond donors (Lipinski definition) is 0. The second kappa shape index (κ2) is 7.00. The second-order valence-corrected chi connectivity index (χ2v) is 6.95. The molecule has 1 aromatic heterocycles. The normalized spacial score (nSPS) is 20.7. The molecule has 25 heavy (non-hydrogen) atoms. The quantitative estimate of drug-likeness (QED) is 0.839. The van der Waals surface area contributed by atoms with E-state index in [2.05, 4.69) is 0 Å². The van der Waals surface area contributed by atoms with E-state index in [1.54, 1.807) is 0 Å². The molecule has 1 saturated carbocycles. The van der Waals surface area contributed by atoms with Crippen LogP contribution in [0.4, 0.5) is 0 Å². The van der Waals surface area contributed by atoms with Gasteiger partial charge in [-0.1, -0.05) is 18.2 Å². The molecule has 0 bridgehead atoms. The molecule has 2 heterocycles. The van der Waals surface area contributed by atoms with Crippen LogP contribution in [0.15, 0.2) is 36.4 Å². The number of para-hydroxylation sites is 1. The van der Waals surface area contributed by atoms with E-state index in [0.29, 0.717) is 24.8 Å². The fourth-order valence-electron chi connectivity index (χ4n) is 3.55. The molecule has 0 radical (unpaired) electrons. The third-order valence-electron chi connectivity index (χ3n) is 5.01. The molecule has 0 spiro atoms. The van der Waals surface area contributed by atoms with E-state index >= 15 is 0 Å². The van der Waals surface area contributed by atoms with Gasteiger partial charge in [0.2, 0.25) is 0 Å². The van der Waals surface area contributed by atoms with Crippen LogP contribution in [0.5, 0.6) is 0 Å². The number of carbonyl (C=O) groups is 1. The zero-order chi connectivity index (χ0) is 17.2. The standard InChI is InChI=1S/C20H25N3O2/c1-2-25-17-9-6-12-22(14-17)20(24)19-13-18(15-10-11-15)21-23(19)16-7-4-3-5-8-16/h3-5,7-8,13,15,17H,2,6,9-12,14H2,1H3/t17-/m0/s1. The zero-order valence-electron chi connectivity index (χ0n) is 14.7. The van der Waals surface area contributed by atoms with Crippen molar-refractivity contribution in [2.75, 3.05) is 19.7 Å². The van der Waals surface area contributed by atoms with E-state index in [1.807, 2.05) is 52.9 Å². The second-order valence-electron chi connectivity index (χ2n) is 6.95. The third-order valence-corrected chi connectivity index (χ3v) is 5.01. The zero-order valence-corrected chi connectivity index (χ0v) is 14.7. The number of likely N-dealkylation sites (tertiary alicyclic amines) is 1. The Hall–Kier alpha value is -2.14. The highest BCUT2D eigenvalue weighted by Crippen LogP contribution is 2.40. The average Bonchev–Trinajstić information content (AvgIpc) is 3.41. The van der Waals surface area contributed by atoms with Gasteiger partial charge in [-0.25, -0.2) is 4.68 Å². The summed E-state index contributed by atoms with van der Waals surface area (Å²) in [7, 11) is 0. The number of benzene rings is 1. The Morgan fingerprint density at radius 3 is 2.76 bits per heavy atom. The lowest BCUT2D eigenvalue weighted by atomic mass is 10.1. The minimum atomic E-state index is 0.0626. The molecule has 132 valence electrons. The molecular formula is C20H25N3O2. The summed E-state index contributed by atoms with van der Waals surface area (Å²) in [4.78, 5) is 15.1. The molecule has 5 nitrogen and oxygen atoms in total. The van der Waals surface area contributed by atoms with Crippen LogP contribution < -0.4 is 0 Å². The molecule has 1 aliphatic carbocycles. The maximum Gasteiger partial charge on any atom is 0.272 e. The highest BCUT2D eigenvalue weighted by molar-refractivity contribution is 5.93. The van der Waals surface area contributed by atoms with E-state index < -0.39 is 0 Å². The summed E-state index contributed by atoms with van der Waals surface area (Å²) < 4.78 is 7.57. The fourth-order valence-corrected chi connectivity index (χ4v) is 3.55. The van der Waals surface area contributed by atoms with Gasteiger partial charge in [0.25, 0.3) is 5.91 Å². The molecule has 1 saturated heterocycles. The van der Waals surface area contributed by atoms with Gasteiger partial charge >= 0.3 is 0 Å². The molecule has 0 unspecified atom stereocenters. The van der Waals surface area contributed by atoms with Crippen LogP contribution >= 0.6 is 0 Å². The van der Waals surface area contributed by atoms with Crippen molar-refractivity contribution in [2.45, 2.75) is 44.6 Å². The van der Waals surface area contributed by atoms with E-state index in [1.165, 1.54) is 12.8 Å². The minimum absolute atomic E-state index is 0.0626. The Kier molecular flexibility index (Phi) is 4.57. The molecule has 1 amide bonds. The van der Waals surface area contributed by atoms with Crippen LogP contribution in [0.2, 0.25) is 0 Å². The van der Waals surface area contributed by atoms with Crippen molar-refractivity contribution in [3.05, 3.63) is 47.8 Å². The first kappa shape index (κ1) is 16.3. The summed E-state index contributed by atoms with van der Waals surface area (Å²) >= 11 is 0. The first-order valence-corrected chi connectivity index (χ1v) is 9.32. The Bertz CT molecular complexity index is 735. The molecule has 2 aliphatic rings. The van der Waals surface area contributed by atoms with Crippen LogP contribution in [0.25, 0.3) is 5.69 Å². The van der Waals surface area contributed by atoms with Crippen LogP contribution in [0, 0.1) is 0 Å². The predicted molar refractivity (Wildman–Crippen MR) is 96.1 cm³/mol. The number of nitrogens with zero attached hydrogens (tertiary/aromatic N) is 3. The molecule has 0 N–H and O–H groups in total. The Balaban J connectivity index is 1.63. The van der Waals surface area contributed by atoms with E-state index in [4.69, 9.17) is 9.84 Å². The van der Waals surface area contributed by atoms with Gasteiger partial charge in [0.05, 0.1) is 17.5 Å². The van der Waals surface area contributed by atoms with Gasteiger partial charge in [0.1, 0.15) is 5.69 Å². The van der Waals surface area contributed by atoms with Crippen LogP contribution in [0.3, 0.4) is 0 Å². The average molecular weight is 339 g/mol. The third kappa shape index (κ3) is 3.47. The van der Waals surface area contributed by atoms with Crippen molar-refractivity contribution in [3.63, 3.8) is 0 Å². The van der Waals surface area contributed by atoms with Gasteiger partial charge in [0.15, 0.2) is 0 Å². The van der Waals surface area contributed by atoms with Gasteiger partial charge in [-0.2, -0.15) is 5.10 Å². The first-order valence-electron chi connectivity index (χ1n) is 9.32. The lowest BCUT2D eigenvalue weighted by Crippen LogP contribution is -2.43. The summed E-state index contributed by atoms with van der Waals surface area (Å²) in [6.07, 6.45) is 4.53. The lowest BCUT2D eigenvalue weighted by molar-refractivity contribution is 0.00692. The molecule has 1 atom stereocenters. The summed E-state index contributed by atoms with van der Waals surface area (Å²) in [5.41, 5.74) is 2.66. The summed E-state index contributed by atoms with van der Waals surface area (Å²) in [6.45, 7) is 4.17. The summed E-state index contributed by atoms with van der Waals surface area (Å²) in [5, 5.41) is 4.75. The lowest BCUT2D eigenvalue weighted by Gasteiger charge is -2.32. The fraction of sp³-hybridized carbons (Fsp3) is 0.500. The highest BCUT2D eigenvalue weighted by Gasteiger charge is 2.31. The summed E-state index contributed by atoms with van der Waals surface area (Å²) in [5.74, 6) is 0.585. The SMILES string of the molecule is CCO[C@H]1CCCN(C(=O)c2cc(C3CC3)nn2-c2ccccc2)C1. The predicted octanol–water partition coefficient (Wildman–Crippen LogP) is 3.39. The number of amides is 1. The Morgan fingerprint density at radius 2 is 2.04 bits per heavy atom. The molecule has 1 aliphatic heterocycles. The molecule has 2 fully saturated rings. The highest BCUT2D eigenvalue weighted by atomic mass is 16.5. The topological polar surface area (TPSA) is 47.4 Å². The van der Waals surface area contributed by atoms with Gasteiger partial charge in [0, 0.05) is 25.6 Å². The number of piperidine rings is 1. The van der Waals surface area contributed by atoms with Crippen LogP contribution in [-0.2, 0) is 4.74 Å². The van der Waals surface area contributed by atoms with Crippen LogP contribution in [-0.4, -0.2) is 46.4 Å². The number of aromatic nitrogens is 2. The minimum Gasteiger partial charge on any atom is -0.377 e. The molecular weight excluding hydrogens is 314 g/mol. The van der Waals surface area contributed by atoms with Gasteiger partial charge in [-0.15, -0.1) is 0 Å². The van der Waals surface area contributed by atoms with Crippen molar-refractivity contribution in [1.29, 1.82) is 0 Å². The van der Waals surface area contributed by atoms with Gasteiger partial charge in [-0.3, -0.25) is 4.79 Å². The van der Waals surface area contributed by atoms with Crippen molar-refractivity contribution in [2.24, 2.45) is 0 Å². The smallest absolute Gasteiger partial charge is 0.272 e. The maximum atomic E-state index is 13.2. The first-order chi connectivity index (χ1) is 12.3. The number of hydrogen-bond acceptors (Lipinski definition) is 3. The molecule has 2 aromatic rings. The maximum absolute atomic E-state index is 13.2. The van der Waals surface area contributed by atoms with Crippen molar-refractivity contribution in [1.82, 2.24) is 14.7 Å². The van der Waals surface area contributed by atoms with Crippen molar-refractivity contribution < 1.29 is 9.53 Å². The van der Waals surface area contributed by atoms with Gasteiger partial charge < -0.3 is 9.64 Å². The summed E-state index contributed by atoms with van der Waals surface area (Å²) in [6, 6.07) is 11.9. The van der Waals surface area contributed by atoms with Crippen molar-refractivity contribution in [3.8, 4) is 5.69 Å². The number of carbonyl (C=O) groups excluding carboxylic acids is 1. The van der Waals surface area contributed by atoms with E-state index in [9.17, 15) is 4.79 Å². The van der Waals surface area contributed by atoms with E-state index in [-0.39, 0.29) is 12.0 Å². The monoisotopic (exact) mass is 339 g/mol. The Morgan fingerprint density at radius 1 is 1.24 bits per heavy atom. The largest absolute Gasteiger partial charge is 0.377 e. The van der Waals surface area contributed by atoms with Crippen molar-refractivity contribution >= 4 is 5.91 Å². The molecule has 5 heteroatoms.